The molecular weight excluding hydrogens is 306 g/mol. The molecule has 0 aromatic rings. The van der Waals surface area contributed by atoms with Gasteiger partial charge in [0.2, 0.25) is 0 Å². The molecule has 0 radical (unpaired) electrons. The van der Waals surface area contributed by atoms with Crippen molar-refractivity contribution in [1.82, 2.24) is 5.32 Å². The number of hydrogen-bond donors (Lipinski definition) is 1. The Balaban J connectivity index is 3.14. The average molecular weight is 346 g/mol. The molecular formula is C19H39NO4. The Bertz CT molecular complexity index is 290. The van der Waals surface area contributed by atoms with Gasteiger partial charge in [-0.05, 0) is 27.2 Å². The van der Waals surface area contributed by atoms with E-state index in [0.29, 0.717) is 26.4 Å². The zero-order valence-corrected chi connectivity index (χ0v) is 16.3. The van der Waals surface area contributed by atoms with E-state index >= 15 is 0 Å². The summed E-state index contributed by atoms with van der Waals surface area (Å²) in [6.45, 7) is 10.7. The van der Waals surface area contributed by atoms with Crippen molar-refractivity contribution in [2.24, 2.45) is 0 Å². The Morgan fingerprint density at radius 1 is 0.792 bits per heavy atom. The topological polar surface area (TPSA) is 56.8 Å². The van der Waals surface area contributed by atoms with E-state index in [9.17, 15) is 4.79 Å². The predicted octanol–water partition coefficient (Wildman–Crippen LogP) is 4.69. The summed E-state index contributed by atoms with van der Waals surface area (Å²) < 4.78 is 16.1. The number of rotatable bonds is 15. The number of hydrogen-bond acceptors (Lipinski definition) is 4. The molecule has 0 aromatic carbocycles. The fourth-order valence-corrected chi connectivity index (χ4v) is 2.20. The lowest BCUT2D eigenvalue weighted by atomic mass is 10.1. The van der Waals surface area contributed by atoms with Crippen LogP contribution in [-0.4, -0.2) is 44.7 Å². The van der Waals surface area contributed by atoms with Gasteiger partial charge in [-0.1, -0.05) is 51.9 Å². The minimum absolute atomic E-state index is 0.406. The molecule has 0 saturated heterocycles. The van der Waals surface area contributed by atoms with Crippen LogP contribution in [0.1, 0.15) is 79.1 Å². The molecule has 5 heteroatoms. The molecule has 0 aliphatic rings. The van der Waals surface area contributed by atoms with Crippen molar-refractivity contribution < 1.29 is 19.0 Å². The van der Waals surface area contributed by atoms with Gasteiger partial charge in [0.1, 0.15) is 5.60 Å². The first-order valence-corrected chi connectivity index (χ1v) is 9.58. The summed E-state index contributed by atoms with van der Waals surface area (Å²) in [4.78, 5) is 11.4. The summed E-state index contributed by atoms with van der Waals surface area (Å²) in [6, 6.07) is 0. The number of carbonyl (C=O) groups excluding carboxylic acids is 1. The first-order valence-electron chi connectivity index (χ1n) is 9.58. The maximum absolute atomic E-state index is 11.4. The van der Waals surface area contributed by atoms with Crippen LogP contribution in [-0.2, 0) is 14.2 Å². The third kappa shape index (κ3) is 19.2. The lowest BCUT2D eigenvalue weighted by Gasteiger charge is -2.19. The Kier molecular flexibility index (Phi) is 15.2. The van der Waals surface area contributed by atoms with E-state index in [-0.39, 0.29) is 0 Å². The quantitative estimate of drug-likeness (QED) is 0.438. The van der Waals surface area contributed by atoms with Crippen molar-refractivity contribution >= 4 is 6.09 Å². The Morgan fingerprint density at radius 2 is 1.33 bits per heavy atom. The highest BCUT2D eigenvalue weighted by Crippen LogP contribution is 2.08. The van der Waals surface area contributed by atoms with Crippen LogP contribution in [0, 0.1) is 0 Å². The third-order valence-corrected chi connectivity index (χ3v) is 3.43. The van der Waals surface area contributed by atoms with Crippen molar-refractivity contribution in [1.29, 1.82) is 0 Å². The maximum atomic E-state index is 11.4. The summed E-state index contributed by atoms with van der Waals surface area (Å²) in [7, 11) is 0. The first kappa shape index (κ1) is 23.2. The van der Waals surface area contributed by atoms with Crippen LogP contribution < -0.4 is 5.32 Å². The molecule has 0 unspecified atom stereocenters. The summed E-state index contributed by atoms with van der Waals surface area (Å²) in [6.07, 6.45) is 10.1. The number of amides is 1. The minimum Gasteiger partial charge on any atom is -0.444 e. The normalized spacial score (nSPS) is 11.5. The van der Waals surface area contributed by atoms with Crippen LogP contribution in [0.2, 0.25) is 0 Å². The van der Waals surface area contributed by atoms with Gasteiger partial charge in [-0.15, -0.1) is 0 Å². The Hall–Kier alpha value is -0.810. The molecule has 1 N–H and O–H groups in total. The van der Waals surface area contributed by atoms with Gasteiger partial charge in [-0.25, -0.2) is 4.79 Å². The zero-order valence-electron chi connectivity index (χ0n) is 16.3. The van der Waals surface area contributed by atoms with Gasteiger partial charge in [0.05, 0.1) is 19.8 Å². The molecule has 1 amide bonds. The molecule has 0 spiro atoms. The molecule has 0 bridgehead atoms. The van der Waals surface area contributed by atoms with Crippen molar-refractivity contribution in [3.8, 4) is 0 Å². The van der Waals surface area contributed by atoms with Gasteiger partial charge >= 0.3 is 6.09 Å². The van der Waals surface area contributed by atoms with E-state index in [2.05, 4.69) is 12.2 Å². The number of carbonyl (C=O) groups is 1. The second-order valence-electron chi connectivity index (χ2n) is 7.13. The lowest BCUT2D eigenvalue weighted by molar-refractivity contribution is 0.0390. The monoisotopic (exact) mass is 345 g/mol. The largest absolute Gasteiger partial charge is 0.444 e. The lowest BCUT2D eigenvalue weighted by Crippen LogP contribution is -2.34. The Morgan fingerprint density at radius 3 is 1.92 bits per heavy atom. The van der Waals surface area contributed by atoms with Crippen molar-refractivity contribution in [2.75, 3.05) is 33.0 Å². The summed E-state index contributed by atoms with van der Waals surface area (Å²) in [5, 5.41) is 2.66. The second-order valence-corrected chi connectivity index (χ2v) is 7.13. The van der Waals surface area contributed by atoms with Crippen LogP contribution in [0.15, 0.2) is 0 Å². The van der Waals surface area contributed by atoms with Gasteiger partial charge in [0.25, 0.3) is 0 Å². The molecule has 0 rings (SSSR count). The zero-order chi connectivity index (χ0) is 18.1. The van der Waals surface area contributed by atoms with E-state index in [1.807, 2.05) is 20.8 Å². The van der Waals surface area contributed by atoms with Gasteiger partial charge in [-0.3, -0.25) is 0 Å². The molecule has 5 nitrogen and oxygen atoms in total. The molecule has 0 aliphatic carbocycles. The van der Waals surface area contributed by atoms with E-state index < -0.39 is 11.7 Å². The van der Waals surface area contributed by atoms with Crippen LogP contribution in [0.3, 0.4) is 0 Å². The summed E-state index contributed by atoms with van der Waals surface area (Å²) in [5.74, 6) is 0. The van der Waals surface area contributed by atoms with E-state index in [1.54, 1.807) is 0 Å². The molecule has 0 fully saturated rings. The molecule has 0 atom stereocenters. The van der Waals surface area contributed by atoms with Gasteiger partial charge < -0.3 is 19.5 Å². The smallest absolute Gasteiger partial charge is 0.407 e. The maximum Gasteiger partial charge on any atom is 0.407 e. The summed E-state index contributed by atoms with van der Waals surface area (Å²) >= 11 is 0. The van der Waals surface area contributed by atoms with E-state index in [4.69, 9.17) is 14.2 Å². The number of ether oxygens (including phenoxy) is 3. The molecule has 0 aromatic heterocycles. The molecule has 144 valence electrons. The van der Waals surface area contributed by atoms with Gasteiger partial charge in [0, 0.05) is 13.2 Å². The third-order valence-electron chi connectivity index (χ3n) is 3.43. The molecule has 24 heavy (non-hydrogen) atoms. The van der Waals surface area contributed by atoms with Crippen molar-refractivity contribution in [3.05, 3.63) is 0 Å². The average Bonchev–Trinajstić information content (AvgIpc) is 2.49. The van der Waals surface area contributed by atoms with Crippen LogP contribution >= 0.6 is 0 Å². The van der Waals surface area contributed by atoms with Crippen molar-refractivity contribution in [2.45, 2.75) is 84.7 Å². The van der Waals surface area contributed by atoms with Crippen LogP contribution in [0.25, 0.3) is 0 Å². The van der Waals surface area contributed by atoms with Crippen LogP contribution in [0.5, 0.6) is 0 Å². The van der Waals surface area contributed by atoms with Gasteiger partial charge in [-0.2, -0.15) is 0 Å². The number of nitrogens with one attached hydrogen (secondary N) is 1. The van der Waals surface area contributed by atoms with E-state index in [1.165, 1.54) is 44.9 Å². The fraction of sp³-hybridized carbons (Fsp3) is 0.947. The van der Waals surface area contributed by atoms with E-state index in [0.717, 1.165) is 13.0 Å². The summed E-state index contributed by atoms with van der Waals surface area (Å²) in [5.41, 5.74) is -0.464. The van der Waals surface area contributed by atoms with Crippen molar-refractivity contribution in [3.63, 3.8) is 0 Å². The standard InChI is InChI=1S/C19H39NO4/c1-5-6-7-8-9-10-11-12-14-22-16-17-23-15-13-20-18(21)24-19(2,3)4/h5-17H2,1-4H3,(H,20,21). The highest BCUT2D eigenvalue weighted by atomic mass is 16.6. The highest BCUT2D eigenvalue weighted by molar-refractivity contribution is 5.67. The molecule has 0 saturated carbocycles. The van der Waals surface area contributed by atoms with Crippen LogP contribution in [0.4, 0.5) is 4.79 Å². The van der Waals surface area contributed by atoms with Gasteiger partial charge in [0.15, 0.2) is 0 Å². The SMILES string of the molecule is CCCCCCCCCCOCCOCCNC(=O)OC(C)(C)C. The second kappa shape index (κ2) is 15.7. The minimum atomic E-state index is -0.464. The molecule has 0 heterocycles. The highest BCUT2D eigenvalue weighted by Gasteiger charge is 2.15. The first-order chi connectivity index (χ1) is 11.5. The predicted molar refractivity (Wildman–Crippen MR) is 98.5 cm³/mol. The number of alkyl carbamates (subject to hydrolysis) is 1. The molecule has 0 aliphatic heterocycles. The fourth-order valence-electron chi connectivity index (χ4n) is 2.20. The number of unbranched alkanes of at least 4 members (excludes halogenated alkanes) is 7. The Labute approximate surface area is 148 Å².